The number of benzene rings is 2. The summed E-state index contributed by atoms with van der Waals surface area (Å²) >= 11 is 0. The van der Waals surface area contributed by atoms with E-state index in [0.29, 0.717) is 23.4 Å². The molecule has 2 aliphatic heterocycles. The molecule has 0 aromatic heterocycles. The van der Waals surface area contributed by atoms with Crippen LogP contribution >= 0.6 is 0 Å². The number of fused-ring (bicyclic) bond motifs is 1. The monoisotopic (exact) mass is 395 g/mol. The fourth-order valence-electron chi connectivity index (χ4n) is 3.40. The fraction of sp³-hybridized carbons (Fsp3) is 0.200. The lowest BCUT2D eigenvalue weighted by molar-refractivity contribution is -0.122. The quantitative estimate of drug-likeness (QED) is 0.641. The van der Waals surface area contributed by atoms with Crippen molar-refractivity contribution in [2.24, 2.45) is 11.0 Å². The summed E-state index contributed by atoms with van der Waals surface area (Å²) in [5, 5.41) is 11.9. The van der Waals surface area contributed by atoms with Crippen LogP contribution in [0.1, 0.15) is 30.5 Å². The molecule has 2 aromatic rings. The first-order chi connectivity index (χ1) is 13.9. The fourth-order valence-corrected chi connectivity index (χ4v) is 3.40. The summed E-state index contributed by atoms with van der Waals surface area (Å²) in [6, 6.07) is 9.32. The Balaban J connectivity index is 1.43. The zero-order valence-electron chi connectivity index (χ0n) is 15.5. The van der Waals surface area contributed by atoms with Crippen molar-refractivity contribution in [3.05, 3.63) is 59.4 Å². The Morgan fingerprint density at radius 3 is 2.66 bits per heavy atom. The molecule has 8 nitrogen and oxygen atoms in total. The standard InChI is InChI=1S/C20H18FN5O3/c1-10-8-16(27)25-26-17(10)11-2-5-13(6-3-11)22-20(29)24-18-14-9-12(21)4-7-15(14)23-19(18)28/h2-7,9-10,18H,8H2,1H3,(H,23,28)(H,25,27)(H2,22,24,29). The summed E-state index contributed by atoms with van der Waals surface area (Å²) in [5.41, 5.74) is 5.44. The van der Waals surface area contributed by atoms with E-state index in [4.69, 9.17) is 0 Å². The van der Waals surface area contributed by atoms with Crippen LogP contribution in [-0.4, -0.2) is 23.6 Å². The molecule has 0 fully saturated rings. The lowest BCUT2D eigenvalue weighted by Crippen LogP contribution is -2.36. The number of amides is 4. The first-order valence-corrected chi connectivity index (χ1v) is 9.05. The summed E-state index contributed by atoms with van der Waals surface area (Å²) in [4.78, 5) is 35.8. The third kappa shape index (κ3) is 3.79. The summed E-state index contributed by atoms with van der Waals surface area (Å²) in [5.74, 6) is -1.04. The molecule has 0 saturated heterocycles. The zero-order valence-corrected chi connectivity index (χ0v) is 15.5. The largest absolute Gasteiger partial charge is 0.324 e. The summed E-state index contributed by atoms with van der Waals surface area (Å²) in [6.07, 6.45) is 0.368. The van der Waals surface area contributed by atoms with Gasteiger partial charge < -0.3 is 16.0 Å². The molecule has 29 heavy (non-hydrogen) atoms. The van der Waals surface area contributed by atoms with Gasteiger partial charge in [-0.3, -0.25) is 9.59 Å². The second kappa shape index (κ2) is 7.34. The Morgan fingerprint density at radius 2 is 1.93 bits per heavy atom. The first kappa shape index (κ1) is 18.6. The van der Waals surface area contributed by atoms with Crippen LogP contribution in [-0.2, 0) is 9.59 Å². The van der Waals surface area contributed by atoms with E-state index in [-0.39, 0.29) is 11.8 Å². The van der Waals surface area contributed by atoms with E-state index in [2.05, 4.69) is 26.5 Å². The molecule has 2 aliphatic rings. The lowest BCUT2D eigenvalue weighted by atomic mass is 9.94. The summed E-state index contributed by atoms with van der Waals surface area (Å²) in [7, 11) is 0. The van der Waals surface area contributed by atoms with Crippen molar-refractivity contribution in [2.45, 2.75) is 19.4 Å². The molecule has 2 heterocycles. The van der Waals surface area contributed by atoms with Crippen LogP contribution in [0.15, 0.2) is 47.6 Å². The van der Waals surface area contributed by atoms with Gasteiger partial charge in [-0.2, -0.15) is 5.10 Å². The summed E-state index contributed by atoms with van der Waals surface area (Å²) < 4.78 is 13.5. The molecule has 148 valence electrons. The molecule has 4 N–H and O–H groups in total. The number of carbonyl (C=O) groups is 3. The Labute approximate surface area is 165 Å². The molecule has 0 saturated carbocycles. The zero-order chi connectivity index (χ0) is 20.5. The number of hydrazone groups is 1. The van der Waals surface area contributed by atoms with Crippen LogP contribution < -0.4 is 21.4 Å². The molecular formula is C20H18FN5O3. The second-order valence-corrected chi connectivity index (χ2v) is 6.97. The molecule has 2 unspecified atom stereocenters. The minimum atomic E-state index is -0.971. The van der Waals surface area contributed by atoms with Crippen LogP contribution in [0.5, 0.6) is 0 Å². The maximum atomic E-state index is 13.5. The topological polar surface area (TPSA) is 112 Å². The third-order valence-corrected chi connectivity index (χ3v) is 4.82. The smallest absolute Gasteiger partial charge is 0.320 e. The maximum Gasteiger partial charge on any atom is 0.320 e. The number of rotatable bonds is 3. The van der Waals surface area contributed by atoms with Crippen molar-refractivity contribution < 1.29 is 18.8 Å². The maximum absolute atomic E-state index is 13.5. The molecule has 2 aromatic carbocycles. The van der Waals surface area contributed by atoms with Crippen molar-refractivity contribution in [3.8, 4) is 0 Å². The van der Waals surface area contributed by atoms with Crippen LogP contribution in [0.3, 0.4) is 0 Å². The highest BCUT2D eigenvalue weighted by Gasteiger charge is 2.32. The van der Waals surface area contributed by atoms with E-state index in [0.717, 1.165) is 11.3 Å². The van der Waals surface area contributed by atoms with Gasteiger partial charge in [0.1, 0.15) is 11.9 Å². The Kier molecular flexibility index (Phi) is 4.71. The van der Waals surface area contributed by atoms with Crippen LogP contribution in [0.4, 0.5) is 20.6 Å². The highest BCUT2D eigenvalue weighted by Crippen LogP contribution is 2.31. The minimum Gasteiger partial charge on any atom is -0.324 e. The number of halogens is 1. The second-order valence-electron chi connectivity index (χ2n) is 6.97. The van der Waals surface area contributed by atoms with Crippen LogP contribution in [0, 0.1) is 11.7 Å². The predicted molar refractivity (Wildman–Crippen MR) is 105 cm³/mol. The molecule has 0 bridgehead atoms. The molecule has 0 radical (unpaired) electrons. The number of hydrogen-bond donors (Lipinski definition) is 4. The summed E-state index contributed by atoms with van der Waals surface area (Å²) in [6.45, 7) is 1.92. The van der Waals surface area contributed by atoms with Gasteiger partial charge in [0.15, 0.2) is 0 Å². The number of carbonyl (C=O) groups excluding carboxylic acids is 3. The van der Waals surface area contributed by atoms with Gasteiger partial charge in [-0.1, -0.05) is 19.1 Å². The van der Waals surface area contributed by atoms with Gasteiger partial charge >= 0.3 is 6.03 Å². The molecule has 4 rings (SSSR count). The van der Waals surface area contributed by atoms with Gasteiger partial charge in [0.2, 0.25) is 5.91 Å². The van der Waals surface area contributed by atoms with Crippen molar-refractivity contribution in [2.75, 3.05) is 10.6 Å². The number of anilines is 2. The van der Waals surface area contributed by atoms with Gasteiger partial charge in [0.05, 0.1) is 5.71 Å². The van der Waals surface area contributed by atoms with Crippen molar-refractivity contribution in [1.82, 2.24) is 10.7 Å². The average molecular weight is 395 g/mol. The normalized spacial score (nSPS) is 20.3. The van der Waals surface area contributed by atoms with Gasteiger partial charge in [-0.05, 0) is 35.9 Å². The predicted octanol–water partition coefficient (Wildman–Crippen LogP) is 2.50. The van der Waals surface area contributed by atoms with E-state index in [1.54, 1.807) is 24.3 Å². The number of nitrogens with zero attached hydrogens (tertiary/aromatic N) is 1. The van der Waals surface area contributed by atoms with E-state index in [1.165, 1.54) is 18.2 Å². The average Bonchev–Trinajstić information content (AvgIpc) is 2.97. The van der Waals surface area contributed by atoms with Gasteiger partial charge in [-0.15, -0.1) is 0 Å². The van der Waals surface area contributed by atoms with Crippen LogP contribution in [0.2, 0.25) is 0 Å². The molecular weight excluding hydrogens is 377 g/mol. The van der Waals surface area contributed by atoms with Gasteiger partial charge in [0, 0.05) is 29.3 Å². The minimum absolute atomic E-state index is 0.00722. The highest BCUT2D eigenvalue weighted by atomic mass is 19.1. The van der Waals surface area contributed by atoms with Gasteiger partial charge in [-0.25, -0.2) is 14.6 Å². The number of nitrogens with one attached hydrogen (secondary N) is 4. The van der Waals surface area contributed by atoms with E-state index < -0.39 is 23.8 Å². The molecule has 4 amide bonds. The highest BCUT2D eigenvalue weighted by molar-refractivity contribution is 6.07. The SMILES string of the molecule is CC1CC(=O)NN=C1c1ccc(NC(=O)NC2C(=O)Nc3ccc(F)cc32)cc1. The molecule has 0 aliphatic carbocycles. The van der Waals surface area contributed by atoms with Gasteiger partial charge in [0.25, 0.3) is 5.91 Å². The number of hydrogen-bond acceptors (Lipinski definition) is 4. The van der Waals surface area contributed by atoms with Crippen molar-refractivity contribution >= 4 is 34.9 Å². The van der Waals surface area contributed by atoms with Crippen molar-refractivity contribution in [3.63, 3.8) is 0 Å². The Bertz CT molecular complexity index is 1030. The Morgan fingerprint density at radius 1 is 1.17 bits per heavy atom. The van der Waals surface area contributed by atoms with E-state index in [1.807, 2.05) is 6.92 Å². The van der Waals surface area contributed by atoms with Crippen LogP contribution in [0.25, 0.3) is 0 Å². The van der Waals surface area contributed by atoms with E-state index in [9.17, 15) is 18.8 Å². The molecule has 0 spiro atoms. The lowest BCUT2D eigenvalue weighted by Gasteiger charge is -2.19. The van der Waals surface area contributed by atoms with Crippen molar-refractivity contribution in [1.29, 1.82) is 0 Å². The van der Waals surface area contributed by atoms with E-state index >= 15 is 0 Å². The molecule has 2 atom stereocenters. The third-order valence-electron chi connectivity index (χ3n) is 4.82. The number of urea groups is 1. The first-order valence-electron chi connectivity index (χ1n) is 9.05. The Hall–Kier alpha value is -3.75. The molecule has 9 heteroatoms.